The van der Waals surface area contributed by atoms with Gasteiger partial charge in [-0.1, -0.05) is 24.6 Å². The molecule has 0 aliphatic carbocycles. The molecule has 1 aromatic rings. The molecule has 1 amide bonds. The Labute approximate surface area is 135 Å². The van der Waals surface area contributed by atoms with E-state index in [1.807, 2.05) is 19.9 Å². The minimum absolute atomic E-state index is 0.0944. The van der Waals surface area contributed by atoms with Crippen LogP contribution in [0, 0.1) is 0 Å². The Bertz CT molecular complexity index is 533. The number of nitrogens with zero attached hydrogens (tertiary/aromatic N) is 1. The van der Waals surface area contributed by atoms with Crippen LogP contribution in [-0.4, -0.2) is 41.6 Å². The van der Waals surface area contributed by atoms with Gasteiger partial charge in [-0.25, -0.2) is 0 Å². The second-order valence-corrected chi connectivity index (χ2v) is 5.55. The minimum atomic E-state index is -0.999. The summed E-state index contributed by atoms with van der Waals surface area (Å²) in [7, 11) is 1.54. The molecule has 1 unspecified atom stereocenters. The van der Waals surface area contributed by atoms with Gasteiger partial charge in [0.1, 0.15) is 12.3 Å². The molecule has 0 bridgehead atoms. The highest BCUT2D eigenvalue weighted by Crippen LogP contribution is 2.25. The molecule has 1 rings (SSSR count). The van der Waals surface area contributed by atoms with Crippen molar-refractivity contribution in [3.63, 3.8) is 0 Å². The lowest BCUT2D eigenvalue weighted by atomic mass is 10.1. The summed E-state index contributed by atoms with van der Waals surface area (Å²) < 4.78 is 5.08. The van der Waals surface area contributed by atoms with Crippen LogP contribution in [0.1, 0.15) is 32.3 Å². The lowest BCUT2D eigenvalue weighted by molar-refractivity contribution is -0.146. The highest BCUT2D eigenvalue weighted by atomic mass is 35.5. The van der Waals surface area contributed by atoms with E-state index in [9.17, 15) is 9.59 Å². The second-order valence-electron chi connectivity index (χ2n) is 5.14. The van der Waals surface area contributed by atoms with Crippen LogP contribution in [0.3, 0.4) is 0 Å². The Hall–Kier alpha value is -1.75. The first kappa shape index (κ1) is 18.3. The fourth-order valence-electron chi connectivity index (χ4n) is 2.12. The molecule has 0 aliphatic rings. The lowest BCUT2D eigenvalue weighted by Gasteiger charge is -2.27. The second kappa shape index (κ2) is 8.63. The van der Waals surface area contributed by atoms with Crippen molar-refractivity contribution in [2.75, 3.05) is 13.7 Å². The number of methoxy groups -OCH3 is 1. The van der Waals surface area contributed by atoms with E-state index in [-0.39, 0.29) is 24.9 Å². The van der Waals surface area contributed by atoms with Gasteiger partial charge in [0.2, 0.25) is 5.91 Å². The Morgan fingerprint density at radius 3 is 2.59 bits per heavy atom. The third-order valence-corrected chi connectivity index (χ3v) is 3.89. The lowest BCUT2D eigenvalue weighted by Crippen LogP contribution is -2.41. The molecule has 1 N–H and O–H groups in total. The molecule has 22 heavy (non-hydrogen) atoms. The fraction of sp³-hybridized carbons (Fsp3) is 0.500. The summed E-state index contributed by atoms with van der Waals surface area (Å²) in [4.78, 5) is 24.6. The number of aryl methyl sites for hydroxylation is 1. The number of aliphatic carboxylic acids is 1. The number of halogens is 1. The van der Waals surface area contributed by atoms with Crippen molar-refractivity contribution in [3.05, 3.63) is 28.8 Å². The van der Waals surface area contributed by atoms with E-state index in [0.717, 1.165) is 5.56 Å². The molecular formula is C16H22ClNO4. The van der Waals surface area contributed by atoms with Crippen molar-refractivity contribution in [1.82, 2.24) is 4.90 Å². The van der Waals surface area contributed by atoms with E-state index in [1.54, 1.807) is 19.2 Å². The van der Waals surface area contributed by atoms with E-state index in [0.29, 0.717) is 23.6 Å². The van der Waals surface area contributed by atoms with E-state index in [2.05, 4.69) is 0 Å². The molecule has 6 heteroatoms. The van der Waals surface area contributed by atoms with E-state index < -0.39 is 5.97 Å². The summed E-state index contributed by atoms with van der Waals surface area (Å²) in [5.41, 5.74) is 0.915. The van der Waals surface area contributed by atoms with Crippen molar-refractivity contribution in [3.8, 4) is 5.75 Å². The zero-order valence-electron chi connectivity index (χ0n) is 13.1. The summed E-state index contributed by atoms with van der Waals surface area (Å²) in [5.74, 6) is -0.575. The molecule has 0 spiro atoms. The summed E-state index contributed by atoms with van der Waals surface area (Å²) in [6.07, 6.45) is 1.47. The Morgan fingerprint density at radius 1 is 1.41 bits per heavy atom. The maximum absolute atomic E-state index is 12.3. The maximum Gasteiger partial charge on any atom is 0.323 e. The predicted octanol–water partition coefficient (Wildman–Crippen LogP) is 2.99. The molecule has 0 saturated heterocycles. The largest absolute Gasteiger partial charge is 0.495 e. The number of amides is 1. The zero-order chi connectivity index (χ0) is 16.7. The maximum atomic E-state index is 12.3. The fourth-order valence-corrected chi connectivity index (χ4v) is 2.40. The van der Waals surface area contributed by atoms with E-state index in [1.165, 1.54) is 4.90 Å². The van der Waals surface area contributed by atoms with Gasteiger partial charge in [0.15, 0.2) is 0 Å². The highest BCUT2D eigenvalue weighted by molar-refractivity contribution is 6.32. The van der Waals surface area contributed by atoms with Gasteiger partial charge in [-0.15, -0.1) is 0 Å². The Morgan fingerprint density at radius 2 is 2.09 bits per heavy atom. The van der Waals surface area contributed by atoms with Gasteiger partial charge in [-0.2, -0.15) is 0 Å². The summed E-state index contributed by atoms with van der Waals surface area (Å²) in [6, 6.07) is 5.27. The third-order valence-electron chi connectivity index (χ3n) is 3.59. The molecule has 0 heterocycles. The monoisotopic (exact) mass is 327 g/mol. The number of carbonyl (C=O) groups excluding carboxylic acids is 1. The molecule has 0 radical (unpaired) electrons. The van der Waals surface area contributed by atoms with Crippen LogP contribution in [0.15, 0.2) is 18.2 Å². The van der Waals surface area contributed by atoms with Gasteiger partial charge < -0.3 is 14.7 Å². The summed E-state index contributed by atoms with van der Waals surface area (Å²) in [6.45, 7) is 3.51. The molecule has 0 aliphatic heterocycles. The molecular weight excluding hydrogens is 306 g/mol. The average Bonchev–Trinajstić information content (AvgIpc) is 2.49. The molecule has 0 aromatic heterocycles. The first-order valence-electron chi connectivity index (χ1n) is 7.22. The normalized spacial score (nSPS) is 11.8. The number of benzene rings is 1. The Kier molecular flexibility index (Phi) is 7.18. The summed E-state index contributed by atoms with van der Waals surface area (Å²) in [5, 5.41) is 9.43. The van der Waals surface area contributed by atoms with Gasteiger partial charge in [0.05, 0.1) is 12.1 Å². The van der Waals surface area contributed by atoms with Gasteiger partial charge >= 0.3 is 5.97 Å². The topological polar surface area (TPSA) is 66.8 Å². The molecule has 0 fully saturated rings. The van der Waals surface area contributed by atoms with Crippen LogP contribution in [0.5, 0.6) is 5.75 Å². The van der Waals surface area contributed by atoms with E-state index >= 15 is 0 Å². The third kappa shape index (κ3) is 5.22. The minimum Gasteiger partial charge on any atom is -0.495 e. The number of carbonyl (C=O) groups is 2. The number of rotatable bonds is 8. The molecule has 1 atom stereocenters. The standard InChI is InChI=1S/C16H22ClNO4/c1-4-11(2)18(10-16(20)21)15(19)8-6-12-5-7-14(22-3)13(17)9-12/h5,7,9,11H,4,6,8,10H2,1-3H3,(H,20,21). The van der Waals surface area contributed by atoms with Gasteiger partial charge in [0.25, 0.3) is 0 Å². The summed E-state index contributed by atoms with van der Waals surface area (Å²) >= 11 is 6.05. The van der Waals surface area contributed by atoms with Gasteiger partial charge in [-0.3, -0.25) is 9.59 Å². The average molecular weight is 328 g/mol. The van der Waals surface area contributed by atoms with Gasteiger partial charge in [-0.05, 0) is 37.5 Å². The SMILES string of the molecule is CCC(C)N(CC(=O)O)C(=O)CCc1ccc(OC)c(Cl)c1. The molecule has 122 valence electrons. The molecule has 1 aromatic carbocycles. The van der Waals surface area contributed by atoms with Crippen LogP contribution in [-0.2, 0) is 16.0 Å². The first-order valence-corrected chi connectivity index (χ1v) is 7.60. The highest BCUT2D eigenvalue weighted by Gasteiger charge is 2.21. The first-order chi connectivity index (χ1) is 10.4. The number of carboxylic acids is 1. The van der Waals surface area contributed by atoms with Crippen molar-refractivity contribution in [2.45, 2.75) is 39.2 Å². The number of ether oxygens (including phenoxy) is 1. The molecule has 0 saturated carbocycles. The van der Waals surface area contributed by atoms with Crippen LogP contribution in [0.2, 0.25) is 5.02 Å². The van der Waals surface area contributed by atoms with Crippen molar-refractivity contribution < 1.29 is 19.4 Å². The van der Waals surface area contributed by atoms with Crippen LogP contribution < -0.4 is 4.74 Å². The molecule has 5 nitrogen and oxygen atoms in total. The zero-order valence-corrected chi connectivity index (χ0v) is 13.9. The smallest absolute Gasteiger partial charge is 0.323 e. The number of carboxylic acid groups (broad SMARTS) is 1. The van der Waals surface area contributed by atoms with Crippen LogP contribution in [0.25, 0.3) is 0 Å². The predicted molar refractivity (Wildman–Crippen MR) is 85.4 cm³/mol. The van der Waals surface area contributed by atoms with E-state index in [4.69, 9.17) is 21.4 Å². The van der Waals surface area contributed by atoms with Crippen molar-refractivity contribution in [2.24, 2.45) is 0 Å². The number of hydrogen-bond donors (Lipinski definition) is 1. The Balaban J connectivity index is 2.69. The van der Waals surface area contributed by atoms with Crippen molar-refractivity contribution in [1.29, 1.82) is 0 Å². The van der Waals surface area contributed by atoms with Crippen LogP contribution in [0.4, 0.5) is 0 Å². The quantitative estimate of drug-likeness (QED) is 0.797. The van der Waals surface area contributed by atoms with Gasteiger partial charge in [0, 0.05) is 12.5 Å². The van der Waals surface area contributed by atoms with Crippen LogP contribution >= 0.6 is 11.6 Å². The van der Waals surface area contributed by atoms with Crippen molar-refractivity contribution >= 4 is 23.5 Å². The number of hydrogen-bond acceptors (Lipinski definition) is 3.